The molecular formula is C27H51NO5. The number of allylic oxidation sites excluding steroid dienone is 1. The number of carbonyl (C=O) groups is 2. The Labute approximate surface area is 203 Å². The van der Waals surface area contributed by atoms with Crippen molar-refractivity contribution in [1.82, 2.24) is 5.32 Å². The lowest BCUT2D eigenvalue weighted by molar-refractivity contribution is -0.143. The van der Waals surface area contributed by atoms with Crippen LogP contribution in [0.3, 0.4) is 0 Å². The van der Waals surface area contributed by atoms with E-state index in [9.17, 15) is 9.59 Å². The maximum Gasteiger partial charge on any atom is 0.302 e. The molecule has 0 aliphatic carbocycles. The van der Waals surface area contributed by atoms with Crippen LogP contribution in [0.25, 0.3) is 0 Å². The molecule has 0 aliphatic rings. The van der Waals surface area contributed by atoms with E-state index in [-0.39, 0.29) is 30.6 Å². The summed E-state index contributed by atoms with van der Waals surface area (Å²) in [7, 11) is 3.34. The molecule has 0 spiro atoms. The monoisotopic (exact) mass is 469 g/mol. The Morgan fingerprint density at radius 2 is 1.45 bits per heavy atom. The molecule has 1 amide bonds. The van der Waals surface area contributed by atoms with Gasteiger partial charge >= 0.3 is 5.97 Å². The van der Waals surface area contributed by atoms with Crippen LogP contribution in [0.1, 0.15) is 110 Å². The van der Waals surface area contributed by atoms with Crippen molar-refractivity contribution in [3.63, 3.8) is 0 Å². The van der Waals surface area contributed by atoms with Gasteiger partial charge < -0.3 is 19.5 Å². The Kier molecular flexibility index (Phi) is 22.7. The summed E-state index contributed by atoms with van der Waals surface area (Å²) in [5, 5.41) is 2.85. The van der Waals surface area contributed by atoms with Gasteiger partial charge in [0.1, 0.15) is 6.61 Å². The lowest BCUT2D eigenvalue weighted by Gasteiger charge is -2.17. The third-order valence-corrected chi connectivity index (χ3v) is 5.79. The lowest BCUT2D eigenvalue weighted by Crippen LogP contribution is -2.41. The predicted octanol–water partition coefficient (Wildman–Crippen LogP) is 6.12. The van der Waals surface area contributed by atoms with Crippen LogP contribution in [-0.4, -0.2) is 51.5 Å². The van der Waals surface area contributed by atoms with E-state index in [0.29, 0.717) is 19.4 Å². The van der Waals surface area contributed by atoms with E-state index in [0.717, 1.165) is 12.8 Å². The molecule has 0 aromatic rings. The average Bonchev–Trinajstić information content (AvgIpc) is 2.79. The second-order valence-corrected chi connectivity index (χ2v) is 8.95. The van der Waals surface area contributed by atoms with E-state index in [1.54, 1.807) is 14.2 Å². The number of nitrogens with one attached hydrogen (secondary N) is 1. The van der Waals surface area contributed by atoms with Crippen LogP contribution in [0.5, 0.6) is 0 Å². The molecule has 0 saturated heterocycles. The highest BCUT2D eigenvalue weighted by molar-refractivity contribution is 5.76. The van der Waals surface area contributed by atoms with Gasteiger partial charge in [0.2, 0.25) is 5.91 Å². The Morgan fingerprint density at radius 1 is 0.848 bits per heavy atom. The van der Waals surface area contributed by atoms with E-state index in [1.165, 1.54) is 77.6 Å². The van der Waals surface area contributed by atoms with Gasteiger partial charge in [-0.15, -0.1) is 0 Å². The zero-order valence-electron chi connectivity index (χ0n) is 21.9. The number of carbonyl (C=O) groups excluding carboxylic acids is 2. The first-order valence-electron chi connectivity index (χ1n) is 13.1. The van der Waals surface area contributed by atoms with E-state index in [4.69, 9.17) is 14.2 Å². The van der Waals surface area contributed by atoms with Crippen LogP contribution in [0, 0.1) is 0 Å². The van der Waals surface area contributed by atoms with Crippen molar-refractivity contribution in [2.75, 3.05) is 27.4 Å². The summed E-state index contributed by atoms with van der Waals surface area (Å²) in [4.78, 5) is 23.0. The first-order chi connectivity index (χ1) is 16.0. The fourth-order valence-electron chi connectivity index (χ4n) is 3.80. The summed E-state index contributed by atoms with van der Waals surface area (Å²) in [6.07, 6.45) is 22.4. The maximum atomic E-state index is 12.1. The topological polar surface area (TPSA) is 73.9 Å². The largest absolute Gasteiger partial charge is 0.464 e. The van der Waals surface area contributed by atoms with Crippen molar-refractivity contribution in [3.8, 4) is 0 Å². The van der Waals surface area contributed by atoms with Gasteiger partial charge in [0.05, 0.1) is 18.8 Å². The Bertz CT molecular complexity index is 495. The lowest BCUT2D eigenvalue weighted by atomic mass is 10.0. The molecular weight excluding hydrogens is 418 g/mol. The molecule has 0 aliphatic heterocycles. The molecule has 6 heteroatoms. The summed E-state index contributed by atoms with van der Waals surface area (Å²) in [5.41, 5.74) is 0. The van der Waals surface area contributed by atoms with E-state index in [2.05, 4.69) is 18.3 Å². The van der Waals surface area contributed by atoms with E-state index >= 15 is 0 Å². The Balaban J connectivity index is 3.79. The SMILES string of the molecule is CCCCCCCCCCCCC[C@@H](C/C=C/CCC(=O)N[C@@H](COC)COC(C)=O)OC. The molecule has 0 rings (SSSR count). The Morgan fingerprint density at radius 3 is 2.00 bits per heavy atom. The van der Waals surface area contributed by atoms with Gasteiger partial charge in [-0.05, 0) is 19.3 Å². The third-order valence-electron chi connectivity index (χ3n) is 5.79. The fourth-order valence-corrected chi connectivity index (χ4v) is 3.80. The molecule has 0 aromatic carbocycles. The molecule has 0 unspecified atom stereocenters. The van der Waals surface area contributed by atoms with Gasteiger partial charge in [-0.25, -0.2) is 0 Å². The first-order valence-corrected chi connectivity index (χ1v) is 13.1. The number of esters is 1. The number of unbranched alkanes of at least 4 members (excludes halogenated alkanes) is 10. The summed E-state index contributed by atoms with van der Waals surface area (Å²) in [5.74, 6) is -0.438. The minimum absolute atomic E-state index is 0.0712. The highest BCUT2D eigenvalue weighted by Gasteiger charge is 2.13. The van der Waals surface area contributed by atoms with Crippen LogP contribution >= 0.6 is 0 Å². The van der Waals surface area contributed by atoms with Crippen molar-refractivity contribution >= 4 is 11.9 Å². The Hall–Kier alpha value is -1.40. The van der Waals surface area contributed by atoms with Crippen molar-refractivity contribution in [1.29, 1.82) is 0 Å². The second-order valence-electron chi connectivity index (χ2n) is 8.95. The van der Waals surface area contributed by atoms with Gasteiger partial charge in [-0.1, -0.05) is 89.7 Å². The summed E-state index contributed by atoms with van der Waals surface area (Å²) < 4.78 is 15.6. The van der Waals surface area contributed by atoms with Gasteiger partial charge in [0, 0.05) is 27.6 Å². The molecule has 194 valence electrons. The standard InChI is InChI=1S/C27H51NO5/c1-5-6-7-8-9-10-11-12-13-14-16-19-26(32-4)20-17-15-18-21-27(30)28-25(22-31-3)23-33-24(2)29/h15,17,25-26H,5-14,16,18-23H2,1-4H3,(H,28,30)/b17-15+/t25-,26-/m0/s1. The summed E-state index contributed by atoms with van der Waals surface area (Å²) in [6.45, 7) is 4.05. The van der Waals surface area contributed by atoms with Gasteiger partial charge in [0.25, 0.3) is 0 Å². The van der Waals surface area contributed by atoms with Gasteiger partial charge in [0.15, 0.2) is 0 Å². The minimum Gasteiger partial charge on any atom is -0.464 e. The number of ether oxygens (including phenoxy) is 3. The smallest absolute Gasteiger partial charge is 0.302 e. The van der Waals surface area contributed by atoms with Crippen molar-refractivity contribution < 1.29 is 23.8 Å². The van der Waals surface area contributed by atoms with Crippen LogP contribution in [-0.2, 0) is 23.8 Å². The number of hydrogen-bond acceptors (Lipinski definition) is 5. The minimum atomic E-state index is -0.367. The molecule has 33 heavy (non-hydrogen) atoms. The average molecular weight is 470 g/mol. The highest BCUT2D eigenvalue weighted by Crippen LogP contribution is 2.14. The quantitative estimate of drug-likeness (QED) is 0.111. The fraction of sp³-hybridized carbons (Fsp3) is 0.852. The molecule has 6 nitrogen and oxygen atoms in total. The first kappa shape index (κ1) is 31.6. The molecule has 2 atom stereocenters. The molecule has 0 saturated carbocycles. The molecule has 1 N–H and O–H groups in total. The number of methoxy groups -OCH3 is 2. The maximum absolute atomic E-state index is 12.1. The predicted molar refractivity (Wildman–Crippen MR) is 135 cm³/mol. The molecule has 0 bridgehead atoms. The van der Waals surface area contributed by atoms with Crippen LogP contribution in [0.4, 0.5) is 0 Å². The number of amides is 1. The van der Waals surface area contributed by atoms with Crippen LogP contribution in [0.2, 0.25) is 0 Å². The summed E-state index contributed by atoms with van der Waals surface area (Å²) in [6, 6.07) is -0.320. The zero-order valence-corrected chi connectivity index (χ0v) is 21.9. The summed E-state index contributed by atoms with van der Waals surface area (Å²) >= 11 is 0. The van der Waals surface area contributed by atoms with Crippen LogP contribution in [0.15, 0.2) is 12.2 Å². The van der Waals surface area contributed by atoms with Gasteiger partial charge in [-0.2, -0.15) is 0 Å². The normalized spacial score (nSPS) is 13.2. The molecule has 0 aromatic heterocycles. The molecule has 0 radical (unpaired) electrons. The van der Waals surface area contributed by atoms with E-state index in [1.807, 2.05) is 6.08 Å². The van der Waals surface area contributed by atoms with Crippen molar-refractivity contribution in [3.05, 3.63) is 12.2 Å². The second kappa shape index (κ2) is 23.7. The van der Waals surface area contributed by atoms with Gasteiger partial charge in [-0.3, -0.25) is 9.59 Å². The molecule has 0 fully saturated rings. The van der Waals surface area contributed by atoms with Crippen LogP contribution < -0.4 is 5.32 Å². The third kappa shape index (κ3) is 22.2. The highest BCUT2D eigenvalue weighted by atomic mass is 16.5. The van der Waals surface area contributed by atoms with E-state index < -0.39 is 0 Å². The zero-order chi connectivity index (χ0) is 24.6. The number of rotatable bonds is 23. The molecule has 0 heterocycles. The van der Waals surface area contributed by atoms with Crippen molar-refractivity contribution in [2.24, 2.45) is 0 Å². The van der Waals surface area contributed by atoms with Crippen molar-refractivity contribution in [2.45, 2.75) is 122 Å². The number of hydrogen-bond donors (Lipinski definition) is 1.